The Balaban J connectivity index is 2.50. The normalized spacial score (nSPS) is 22.4. The molecule has 1 heterocycles. The van der Waals surface area contributed by atoms with Crippen LogP contribution in [0.2, 0.25) is 0 Å². The second-order valence-corrected chi connectivity index (χ2v) is 7.03. The van der Waals surface area contributed by atoms with Crippen molar-refractivity contribution >= 4 is 0 Å². The van der Waals surface area contributed by atoms with E-state index in [9.17, 15) is 0 Å². The lowest BCUT2D eigenvalue weighted by Gasteiger charge is -2.36. The van der Waals surface area contributed by atoms with Crippen LogP contribution < -0.4 is 5.32 Å². The van der Waals surface area contributed by atoms with Gasteiger partial charge in [-0.2, -0.15) is 0 Å². The van der Waals surface area contributed by atoms with Gasteiger partial charge < -0.3 is 15.1 Å². The van der Waals surface area contributed by atoms with Gasteiger partial charge in [0.15, 0.2) is 0 Å². The van der Waals surface area contributed by atoms with Crippen LogP contribution in [0.4, 0.5) is 0 Å². The van der Waals surface area contributed by atoms with E-state index in [-0.39, 0.29) is 0 Å². The summed E-state index contributed by atoms with van der Waals surface area (Å²) >= 11 is 0. The van der Waals surface area contributed by atoms with Gasteiger partial charge in [0.2, 0.25) is 0 Å². The molecule has 0 radical (unpaired) electrons. The molecule has 0 aromatic rings. The lowest BCUT2D eigenvalue weighted by Crippen LogP contribution is -2.44. The van der Waals surface area contributed by atoms with Crippen LogP contribution in [0.15, 0.2) is 0 Å². The van der Waals surface area contributed by atoms with E-state index in [1.54, 1.807) is 0 Å². The Morgan fingerprint density at radius 2 is 1.89 bits per heavy atom. The summed E-state index contributed by atoms with van der Waals surface area (Å²) in [4.78, 5) is 5.14. The highest BCUT2D eigenvalue weighted by atomic mass is 15.2. The summed E-state index contributed by atoms with van der Waals surface area (Å²) < 4.78 is 0. The molecule has 1 aliphatic heterocycles. The molecule has 0 amide bonds. The van der Waals surface area contributed by atoms with E-state index >= 15 is 0 Å². The SMILES string of the molecule is CCCC(C)(CNC(C)C)CN1CCCN(C)CC1. The van der Waals surface area contributed by atoms with Gasteiger partial charge in [0.1, 0.15) is 0 Å². The molecule has 3 heteroatoms. The van der Waals surface area contributed by atoms with Crippen LogP contribution in [0.1, 0.15) is 47.0 Å². The second kappa shape index (κ2) is 8.23. The topological polar surface area (TPSA) is 18.5 Å². The minimum atomic E-state index is 0.419. The van der Waals surface area contributed by atoms with Gasteiger partial charge >= 0.3 is 0 Å². The first-order valence-corrected chi connectivity index (χ1v) is 8.09. The zero-order valence-electron chi connectivity index (χ0n) is 13.8. The molecule has 0 saturated carbocycles. The Hall–Kier alpha value is -0.120. The first-order valence-electron chi connectivity index (χ1n) is 8.09. The van der Waals surface area contributed by atoms with Crippen LogP contribution in [0.25, 0.3) is 0 Å². The average Bonchev–Trinajstić information content (AvgIpc) is 2.52. The van der Waals surface area contributed by atoms with Crippen molar-refractivity contribution in [3.8, 4) is 0 Å². The van der Waals surface area contributed by atoms with Crippen molar-refractivity contribution in [2.75, 3.05) is 46.3 Å². The van der Waals surface area contributed by atoms with E-state index < -0.39 is 0 Å². The third-order valence-corrected chi connectivity index (χ3v) is 4.21. The summed E-state index contributed by atoms with van der Waals surface area (Å²) in [5.74, 6) is 0. The molecular weight excluding hydrogens is 234 g/mol. The molecule has 1 fully saturated rings. The predicted molar refractivity (Wildman–Crippen MR) is 84.7 cm³/mol. The molecule has 1 N–H and O–H groups in total. The molecule has 1 rings (SSSR count). The number of likely N-dealkylation sites (N-methyl/N-ethyl adjacent to an activating group) is 1. The maximum atomic E-state index is 3.65. The number of nitrogens with one attached hydrogen (secondary N) is 1. The van der Waals surface area contributed by atoms with E-state index in [1.165, 1.54) is 52.0 Å². The molecule has 0 aromatic heterocycles. The number of hydrogen-bond acceptors (Lipinski definition) is 3. The van der Waals surface area contributed by atoms with Crippen molar-refractivity contribution in [2.24, 2.45) is 5.41 Å². The largest absolute Gasteiger partial charge is 0.314 e. The van der Waals surface area contributed by atoms with Crippen molar-refractivity contribution in [3.63, 3.8) is 0 Å². The van der Waals surface area contributed by atoms with Gasteiger partial charge in [-0.25, -0.2) is 0 Å². The highest BCUT2D eigenvalue weighted by Crippen LogP contribution is 2.24. The number of nitrogens with zero attached hydrogens (tertiary/aromatic N) is 2. The van der Waals surface area contributed by atoms with Gasteiger partial charge in [-0.3, -0.25) is 0 Å². The van der Waals surface area contributed by atoms with Crippen LogP contribution in [-0.2, 0) is 0 Å². The summed E-state index contributed by atoms with van der Waals surface area (Å²) in [6.45, 7) is 16.6. The Bertz CT molecular complexity index is 242. The Labute approximate surface area is 120 Å². The Morgan fingerprint density at radius 3 is 2.53 bits per heavy atom. The standard InChI is InChI=1S/C16H35N3/c1-6-8-16(4,13-17-15(2)3)14-19-10-7-9-18(5)11-12-19/h15,17H,6-14H2,1-5H3. The Morgan fingerprint density at radius 1 is 1.16 bits per heavy atom. The number of hydrogen-bond donors (Lipinski definition) is 1. The molecule has 1 saturated heterocycles. The summed E-state index contributed by atoms with van der Waals surface area (Å²) in [6.07, 6.45) is 3.92. The maximum Gasteiger partial charge on any atom is 0.0109 e. The molecule has 1 unspecified atom stereocenters. The lowest BCUT2D eigenvalue weighted by atomic mass is 9.84. The van der Waals surface area contributed by atoms with Crippen molar-refractivity contribution in [1.29, 1.82) is 0 Å². The van der Waals surface area contributed by atoms with Crippen LogP contribution >= 0.6 is 0 Å². The van der Waals surface area contributed by atoms with E-state index in [4.69, 9.17) is 0 Å². The zero-order valence-corrected chi connectivity index (χ0v) is 13.8. The molecule has 3 nitrogen and oxygen atoms in total. The van der Waals surface area contributed by atoms with Crippen LogP contribution in [0.3, 0.4) is 0 Å². The summed E-state index contributed by atoms with van der Waals surface area (Å²) in [5, 5.41) is 3.65. The van der Waals surface area contributed by atoms with Crippen LogP contribution in [0, 0.1) is 5.41 Å². The fourth-order valence-corrected chi connectivity index (χ4v) is 3.08. The van der Waals surface area contributed by atoms with Crippen molar-refractivity contribution in [3.05, 3.63) is 0 Å². The molecule has 19 heavy (non-hydrogen) atoms. The molecule has 0 aliphatic carbocycles. The van der Waals surface area contributed by atoms with Crippen LogP contribution in [0.5, 0.6) is 0 Å². The third-order valence-electron chi connectivity index (χ3n) is 4.21. The molecule has 0 aromatic carbocycles. The van der Waals surface area contributed by atoms with Gasteiger partial charge in [0, 0.05) is 32.2 Å². The predicted octanol–water partition coefficient (Wildman–Crippen LogP) is 2.43. The minimum absolute atomic E-state index is 0.419. The smallest absolute Gasteiger partial charge is 0.0109 e. The lowest BCUT2D eigenvalue weighted by molar-refractivity contribution is 0.150. The molecule has 114 valence electrons. The molecular formula is C16H35N3. The molecule has 0 bridgehead atoms. The first kappa shape index (κ1) is 16.9. The van der Waals surface area contributed by atoms with E-state index in [1.807, 2.05) is 0 Å². The third kappa shape index (κ3) is 6.73. The molecule has 1 atom stereocenters. The summed E-state index contributed by atoms with van der Waals surface area (Å²) in [6, 6.07) is 0.589. The van der Waals surface area contributed by atoms with E-state index in [2.05, 4.69) is 49.9 Å². The highest BCUT2D eigenvalue weighted by molar-refractivity contribution is 4.82. The van der Waals surface area contributed by atoms with Gasteiger partial charge in [-0.15, -0.1) is 0 Å². The Kier molecular flexibility index (Phi) is 7.33. The van der Waals surface area contributed by atoms with Gasteiger partial charge in [0.05, 0.1) is 0 Å². The van der Waals surface area contributed by atoms with Gasteiger partial charge in [-0.1, -0.05) is 34.1 Å². The molecule has 1 aliphatic rings. The first-order chi connectivity index (χ1) is 8.95. The van der Waals surface area contributed by atoms with Crippen molar-refractivity contribution in [2.45, 2.75) is 53.0 Å². The summed E-state index contributed by atoms with van der Waals surface area (Å²) in [7, 11) is 2.25. The maximum absolute atomic E-state index is 3.65. The fraction of sp³-hybridized carbons (Fsp3) is 1.00. The minimum Gasteiger partial charge on any atom is -0.314 e. The average molecular weight is 269 g/mol. The molecule has 0 spiro atoms. The monoisotopic (exact) mass is 269 g/mol. The highest BCUT2D eigenvalue weighted by Gasteiger charge is 2.27. The van der Waals surface area contributed by atoms with Gasteiger partial charge in [0.25, 0.3) is 0 Å². The van der Waals surface area contributed by atoms with Crippen molar-refractivity contribution < 1.29 is 0 Å². The zero-order chi connectivity index (χ0) is 14.3. The number of rotatable bonds is 7. The van der Waals surface area contributed by atoms with Gasteiger partial charge in [-0.05, 0) is 38.4 Å². The fourth-order valence-electron chi connectivity index (χ4n) is 3.08. The van der Waals surface area contributed by atoms with E-state index in [0.717, 1.165) is 6.54 Å². The quantitative estimate of drug-likeness (QED) is 0.766. The van der Waals surface area contributed by atoms with E-state index in [0.29, 0.717) is 11.5 Å². The van der Waals surface area contributed by atoms with Crippen molar-refractivity contribution in [1.82, 2.24) is 15.1 Å². The second-order valence-electron chi connectivity index (χ2n) is 7.03. The summed E-state index contributed by atoms with van der Waals surface area (Å²) in [5.41, 5.74) is 0.419. The van der Waals surface area contributed by atoms with Crippen LogP contribution in [-0.4, -0.2) is 62.2 Å².